The van der Waals surface area contributed by atoms with E-state index in [1.54, 1.807) is 11.8 Å². The van der Waals surface area contributed by atoms with Crippen LogP contribution in [-0.2, 0) is 12.3 Å². The molecular weight excluding hydrogens is 254 g/mol. The van der Waals surface area contributed by atoms with Crippen molar-refractivity contribution >= 4 is 11.8 Å². The number of hydrogen-bond donors (Lipinski definition) is 0. The molecule has 0 aliphatic heterocycles. The summed E-state index contributed by atoms with van der Waals surface area (Å²) in [5.41, 5.74) is 2.65. The van der Waals surface area contributed by atoms with E-state index in [0.717, 1.165) is 17.5 Å². The standard InChI is InChI=1S/C15H19N3S/c1-3-18-14(13-8-9-13)16-17-15(18)19-10-12-6-4-11(2)5-7-12/h4-7,13H,3,8-10H2,1-2H3. The maximum atomic E-state index is 4.37. The van der Waals surface area contributed by atoms with E-state index in [1.807, 2.05) is 0 Å². The lowest BCUT2D eigenvalue weighted by atomic mass is 10.2. The van der Waals surface area contributed by atoms with E-state index in [4.69, 9.17) is 0 Å². The van der Waals surface area contributed by atoms with Crippen molar-refractivity contribution in [2.75, 3.05) is 0 Å². The van der Waals surface area contributed by atoms with Gasteiger partial charge < -0.3 is 4.57 Å². The molecule has 1 aliphatic carbocycles. The Morgan fingerprint density at radius 1 is 1.21 bits per heavy atom. The Balaban J connectivity index is 1.71. The predicted octanol–water partition coefficient (Wildman–Crippen LogP) is 3.78. The molecule has 3 nitrogen and oxygen atoms in total. The SMILES string of the molecule is CCn1c(SCc2ccc(C)cc2)nnc1C1CC1. The third-order valence-electron chi connectivity index (χ3n) is 3.49. The van der Waals surface area contributed by atoms with Crippen molar-refractivity contribution in [1.82, 2.24) is 14.8 Å². The number of benzene rings is 1. The first kappa shape index (κ1) is 12.7. The van der Waals surface area contributed by atoms with Gasteiger partial charge in [0, 0.05) is 18.2 Å². The lowest BCUT2D eigenvalue weighted by molar-refractivity contribution is 0.643. The van der Waals surface area contributed by atoms with Crippen LogP contribution in [0, 0.1) is 6.92 Å². The lowest BCUT2D eigenvalue weighted by Crippen LogP contribution is -2.01. The van der Waals surface area contributed by atoms with Gasteiger partial charge in [0.25, 0.3) is 0 Å². The van der Waals surface area contributed by atoms with Gasteiger partial charge in [-0.15, -0.1) is 10.2 Å². The minimum atomic E-state index is 0.668. The number of rotatable bonds is 5. The molecule has 1 aromatic heterocycles. The van der Waals surface area contributed by atoms with Crippen molar-refractivity contribution < 1.29 is 0 Å². The molecule has 1 fully saturated rings. The maximum Gasteiger partial charge on any atom is 0.191 e. The minimum absolute atomic E-state index is 0.668. The van der Waals surface area contributed by atoms with Gasteiger partial charge in [-0.25, -0.2) is 0 Å². The van der Waals surface area contributed by atoms with Crippen LogP contribution in [0.2, 0.25) is 0 Å². The molecule has 1 saturated carbocycles. The van der Waals surface area contributed by atoms with E-state index in [0.29, 0.717) is 5.92 Å². The van der Waals surface area contributed by atoms with Gasteiger partial charge in [0.15, 0.2) is 5.16 Å². The first-order valence-corrected chi connectivity index (χ1v) is 7.88. The first-order chi connectivity index (χ1) is 9.28. The zero-order valence-corrected chi connectivity index (χ0v) is 12.3. The van der Waals surface area contributed by atoms with Gasteiger partial charge in [-0.1, -0.05) is 41.6 Å². The van der Waals surface area contributed by atoms with E-state index in [1.165, 1.54) is 29.8 Å². The van der Waals surface area contributed by atoms with Crippen molar-refractivity contribution in [3.63, 3.8) is 0 Å². The zero-order chi connectivity index (χ0) is 13.2. The van der Waals surface area contributed by atoms with Crippen LogP contribution in [0.1, 0.15) is 42.6 Å². The van der Waals surface area contributed by atoms with E-state index >= 15 is 0 Å². The highest BCUT2D eigenvalue weighted by atomic mass is 32.2. The normalized spacial score (nSPS) is 14.8. The fourth-order valence-corrected chi connectivity index (χ4v) is 3.15. The molecule has 19 heavy (non-hydrogen) atoms. The summed E-state index contributed by atoms with van der Waals surface area (Å²) in [4.78, 5) is 0. The second kappa shape index (κ2) is 5.37. The van der Waals surface area contributed by atoms with Crippen molar-refractivity contribution in [1.29, 1.82) is 0 Å². The number of aromatic nitrogens is 3. The van der Waals surface area contributed by atoms with Crippen LogP contribution in [0.25, 0.3) is 0 Å². The summed E-state index contributed by atoms with van der Waals surface area (Å²) in [5, 5.41) is 9.78. The van der Waals surface area contributed by atoms with Gasteiger partial charge in [0.05, 0.1) is 0 Å². The predicted molar refractivity (Wildman–Crippen MR) is 78.4 cm³/mol. The molecule has 4 heteroatoms. The first-order valence-electron chi connectivity index (χ1n) is 6.89. The summed E-state index contributed by atoms with van der Waals surface area (Å²) >= 11 is 1.79. The van der Waals surface area contributed by atoms with Crippen LogP contribution >= 0.6 is 11.8 Å². The molecule has 3 rings (SSSR count). The summed E-state index contributed by atoms with van der Waals surface area (Å²) in [6.07, 6.45) is 2.56. The van der Waals surface area contributed by atoms with Crippen molar-refractivity contribution in [3.05, 3.63) is 41.2 Å². The molecule has 0 N–H and O–H groups in total. The molecule has 0 atom stereocenters. The third kappa shape index (κ3) is 2.84. The van der Waals surface area contributed by atoms with E-state index in [-0.39, 0.29) is 0 Å². The van der Waals surface area contributed by atoms with E-state index in [2.05, 4.69) is 52.9 Å². The van der Waals surface area contributed by atoms with Gasteiger partial charge in [-0.3, -0.25) is 0 Å². The minimum Gasteiger partial charge on any atom is -0.306 e. The molecule has 0 radical (unpaired) electrons. The Bertz CT molecular complexity index is 555. The van der Waals surface area contributed by atoms with Gasteiger partial charge in [-0.05, 0) is 32.3 Å². The van der Waals surface area contributed by atoms with Gasteiger partial charge in [-0.2, -0.15) is 0 Å². The molecule has 0 saturated heterocycles. The van der Waals surface area contributed by atoms with Crippen molar-refractivity contribution in [2.24, 2.45) is 0 Å². The third-order valence-corrected chi connectivity index (χ3v) is 4.53. The highest BCUT2D eigenvalue weighted by Crippen LogP contribution is 2.40. The summed E-state index contributed by atoms with van der Waals surface area (Å²) in [6, 6.07) is 8.71. The molecule has 100 valence electrons. The Hall–Kier alpha value is -1.29. The maximum absolute atomic E-state index is 4.37. The molecule has 0 spiro atoms. The van der Waals surface area contributed by atoms with Gasteiger partial charge in [0.2, 0.25) is 0 Å². The van der Waals surface area contributed by atoms with Crippen LogP contribution in [0.15, 0.2) is 29.4 Å². The highest BCUT2D eigenvalue weighted by Gasteiger charge is 2.29. The Morgan fingerprint density at radius 2 is 1.95 bits per heavy atom. The number of hydrogen-bond acceptors (Lipinski definition) is 3. The van der Waals surface area contributed by atoms with Crippen LogP contribution in [-0.4, -0.2) is 14.8 Å². The summed E-state index contributed by atoms with van der Waals surface area (Å²) in [6.45, 7) is 5.26. The molecule has 2 aromatic rings. The molecule has 1 aliphatic rings. The zero-order valence-electron chi connectivity index (χ0n) is 11.5. The second-order valence-corrected chi connectivity index (χ2v) is 6.08. The monoisotopic (exact) mass is 273 g/mol. The van der Waals surface area contributed by atoms with Crippen LogP contribution < -0.4 is 0 Å². The van der Waals surface area contributed by atoms with Crippen LogP contribution in [0.5, 0.6) is 0 Å². The smallest absolute Gasteiger partial charge is 0.191 e. The lowest BCUT2D eigenvalue weighted by Gasteiger charge is -2.06. The average molecular weight is 273 g/mol. The van der Waals surface area contributed by atoms with E-state index < -0.39 is 0 Å². The molecule has 1 aromatic carbocycles. The van der Waals surface area contributed by atoms with Crippen molar-refractivity contribution in [3.8, 4) is 0 Å². The number of thioether (sulfide) groups is 1. The summed E-state index contributed by atoms with van der Waals surface area (Å²) < 4.78 is 2.27. The second-order valence-electron chi connectivity index (χ2n) is 5.13. The fourth-order valence-electron chi connectivity index (χ4n) is 2.18. The summed E-state index contributed by atoms with van der Waals surface area (Å²) in [7, 11) is 0. The number of aryl methyl sites for hydroxylation is 1. The van der Waals surface area contributed by atoms with E-state index in [9.17, 15) is 0 Å². The topological polar surface area (TPSA) is 30.7 Å². The summed E-state index contributed by atoms with van der Waals surface area (Å²) in [5.74, 6) is 2.82. The Kier molecular flexibility index (Phi) is 3.60. The van der Waals surface area contributed by atoms with Crippen LogP contribution in [0.4, 0.5) is 0 Å². The van der Waals surface area contributed by atoms with Gasteiger partial charge >= 0.3 is 0 Å². The fraction of sp³-hybridized carbons (Fsp3) is 0.467. The van der Waals surface area contributed by atoms with Crippen molar-refractivity contribution in [2.45, 2.75) is 50.1 Å². The quantitative estimate of drug-likeness (QED) is 0.777. The molecule has 0 bridgehead atoms. The molecule has 0 amide bonds. The average Bonchev–Trinajstić information content (AvgIpc) is 3.19. The largest absolute Gasteiger partial charge is 0.306 e. The molecule has 0 unspecified atom stereocenters. The Morgan fingerprint density at radius 3 is 2.58 bits per heavy atom. The van der Waals surface area contributed by atoms with Crippen LogP contribution in [0.3, 0.4) is 0 Å². The Labute approximate surface area is 118 Å². The molecule has 1 heterocycles. The molecular formula is C15H19N3S. The highest BCUT2D eigenvalue weighted by molar-refractivity contribution is 7.98. The van der Waals surface area contributed by atoms with Gasteiger partial charge in [0.1, 0.15) is 5.82 Å². The number of nitrogens with zero attached hydrogens (tertiary/aromatic N) is 3.